The van der Waals surface area contributed by atoms with Crippen LogP contribution in [0, 0.1) is 0 Å². The third-order valence-electron chi connectivity index (χ3n) is 2.51. The van der Waals surface area contributed by atoms with Gasteiger partial charge in [0, 0.05) is 19.6 Å². The van der Waals surface area contributed by atoms with Gasteiger partial charge in [0.05, 0.1) is 12.2 Å². The van der Waals surface area contributed by atoms with Crippen LogP contribution in [0.5, 0.6) is 0 Å². The van der Waals surface area contributed by atoms with Crippen LogP contribution in [-0.4, -0.2) is 41.9 Å². The molecule has 0 aromatic carbocycles. The van der Waals surface area contributed by atoms with Crippen LogP contribution in [-0.2, 0) is 4.74 Å². The van der Waals surface area contributed by atoms with Gasteiger partial charge in [-0.05, 0) is 32.5 Å². The number of hydrogen-bond acceptors (Lipinski definition) is 2. The second-order valence-electron chi connectivity index (χ2n) is 4.25. The fourth-order valence-electron chi connectivity index (χ4n) is 1.83. The molecule has 0 saturated carbocycles. The van der Waals surface area contributed by atoms with Crippen molar-refractivity contribution in [3.8, 4) is 0 Å². The number of rotatable bonds is 3. The average molecular weight is 230 g/mol. The lowest BCUT2D eigenvalue weighted by molar-refractivity contribution is -0.0481. The maximum Gasteiger partial charge on any atom is 0.169 e. The number of nitrogens with zero attached hydrogens (tertiary/aromatic N) is 1. The summed E-state index contributed by atoms with van der Waals surface area (Å²) >= 11 is 5.35. The highest BCUT2D eigenvalue weighted by molar-refractivity contribution is 7.80. The Morgan fingerprint density at radius 2 is 2.00 bits per heavy atom. The van der Waals surface area contributed by atoms with Crippen LogP contribution < -0.4 is 5.32 Å². The van der Waals surface area contributed by atoms with Crippen molar-refractivity contribution in [2.75, 3.05) is 19.6 Å². The van der Waals surface area contributed by atoms with Crippen LogP contribution in [0.1, 0.15) is 33.6 Å². The van der Waals surface area contributed by atoms with Crippen molar-refractivity contribution in [2.45, 2.75) is 45.8 Å². The van der Waals surface area contributed by atoms with Crippen LogP contribution in [0.2, 0.25) is 0 Å². The predicted octanol–water partition coefficient (Wildman–Crippen LogP) is 1.77. The molecule has 1 heterocycles. The highest BCUT2D eigenvalue weighted by Gasteiger charge is 2.23. The summed E-state index contributed by atoms with van der Waals surface area (Å²) in [6, 6.07) is 0. The van der Waals surface area contributed by atoms with Gasteiger partial charge in [-0.2, -0.15) is 0 Å². The molecule has 0 bridgehead atoms. The van der Waals surface area contributed by atoms with E-state index in [1.54, 1.807) is 0 Å². The number of thiocarbonyl (C=S) groups is 1. The number of unbranched alkanes of at least 4 members (excludes halogenated alkanes) is 1. The standard InChI is InChI=1S/C11H22N2OS/c1-4-5-6-12-11(15)13-7-9(2)14-10(3)8-13/h9-10H,4-8H2,1-3H3,(H,12,15)/t9-,10+. The Hall–Kier alpha value is -0.350. The van der Waals surface area contributed by atoms with E-state index in [-0.39, 0.29) is 12.2 Å². The highest BCUT2D eigenvalue weighted by Crippen LogP contribution is 2.10. The van der Waals surface area contributed by atoms with E-state index >= 15 is 0 Å². The molecule has 0 radical (unpaired) electrons. The van der Waals surface area contributed by atoms with Gasteiger partial charge in [0.25, 0.3) is 0 Å². The lowest BCUT2D eigenvalue weighted by Crippen LogP contribution is -2.51. The molecule has 1 aliphatic rings. The van der Waals surface area contributed by atoms with Gasteiger partial charge in [-0.3, -0.25) is 0 Å². The second kappa shape index (κ2) is 6.28. The first-order valence-electron chi connectivity index (χ1n) is 5.81. The maximum atomic E-state index is 5.66. The lowest BCUT2D eigenvalue weighted by Gasteiger charge is -2.36. The van der Waals surface area contributed by atoms with Gasteiger partial charge in [0.15, 0.2) is 5.11 Å². The second-order valence-corrected chi connectivity index (χ2v) is 4.63. The van der Waals surface area contributed by atoms with Crippen molar-refractivity contribution < 1.29 is 4.74 Å². The largest absolute Gasteiger partial charge is 0.372 e. The van der Waals surface area contributed by atoms with Gasteiger partial charge in [-0.1, -0.05) is 13.3 Å². The van der Waals surface area contributed by atoms with E-state index < -0.39 is 0 Å². The molecular formula is C11H22N2OS. The van der Waals surface area contributed by atoms with Crippen LogP contribution in [0.3, 0.4) is 0 Å². The highest BCUT2D eigenvalue weighted by atomic mass is 32.1. The third kappa shape index (κ3) is 4.34. The van der Waals surface area contributed by atoms with Gasteiger partial charge >= 0.3 is 0 Å². The molecule has 2 atom stereocenters. The number of morpholine rings is 1. The van der Waals surface area contributed by atoms with Crippen LogP contribution in [0.15, 0.2) is 0 Å². The first-order valence-corrected chi connectivity index (χ1v) is 6.22. The zero-order valence-corrected chi connectivity index (χ0v) is 10.8. The van der Waals surface area contributed by atoms with Crippen molar-refractivity contribution in [3.63, 3.8) is 0 Å². The van der Waals surface area contributed by atoms with Crippen molar-refractivity contribution >= 4 is 17.3 Å². The molecule has 88 valence electrons. The zero-order chi connectivity index (χ0) is 11.3. The predicted molar refractivity (Wildman–Crippen MR) is 67.1 cm³/mol. The molecular weight excluding hydrogens is 208 g/mol. The molecule has 1 rings (SSSR count). The molecule has 15 heavy (non-hydrogen) atoms. The van der Waals surface area contributed by atoms with E-state index in [0.29, 0.717) is 0 Å². The van der Waals surface area contributed by atoms with Crippen molar-refractivity contribution in [1.82, 2.24) is 10.2 Å². The summed E-state index contributed by atoms with van der Waals surface area (Å²) in [4.78, 5) is 2.21. The minimum absolute atomic E-state index is 0.277. The van der Waals surface area contributed by atoms with E-state index in [1.165, 1.54) is 12.8 Å². The van der Waals surface area contributed by atoms with Gasteiger partial charge in [0.2, 0.25) is 0 Å². The van der Waals surface area contributed by atoms with Gasteiger partial charge in [0.1, 0.15) is 0 Å². The summed E-state index contributed by atoms with van der Waals surface area (Å²) in [5.74, 6) is 0. The fraction of sp³-hybridized carbons (Fsp3) is 0.909. The molecule has 3 nitrogen and oxygen atoms in total. The van der Waals surface area contributed by atoms with Gasteiger partial charge in [-0.15, -0.1) is 0 Å². The Morgan fingerprint density at radius 3 is 2.53 bits per heavy atom. The van der Waals surface area contributed by atoms with Gasteiger partial charge < -0.3 is 15.0 Å². The minimum Gasteiger partial charge on any atom is -0.372 e. The smallest absolute Gasteiger partial charge is 0.169 e. The maximum absolute atomic E-state index is 5.66. The number of nitrogens with one attached hydrogen (secondary N) is 1. The van der Waals surface area contributed by atoms with Crippen molar-refractivity contribution in [2.24, 2.45) is 0 Å². The SMILES string of the molecule is CCCCNC(=S)N1C[C@@H](C)O[C@@H](C)C1. The fourth-order valence-corrected chi connectivity index (χ4v) is 2.08. The third-order valence-corrected chi connectivity index (χ3v) is 2.92. The Labute approximate surface area is 98.2 Å². The molecule has 0 aromatic rings. The number of ether oxygens (including phenoxy) is 1. The van der Waals surface area contributed by atoms with Crippen molar-refractivity contribution in [1.29, 1.82) is 0 Å². The summed E-state index contributed by atoms with van der Waals surface area (Å²) in [6.45, 7) is 9.16. The Balaban J connectivity index is 2.31. The van der Waals surface area contributed by atoms with Crippen molar-refractivity contribution in [3.05, 3.63) is 0 Å². The molecule has 1 N–H and O–H groups in total. The first-order chi connectivity index (χ1) is 7.13. The molecule has 0 aliphatic carbocycles. The molecule has 1 aliphatic heterocycles. The average Bonchev–Trinajstić information content (AvgIpc) is 2.16. The number of hydrogen-bond donors (Lipinski definition) is 1. The Kier molecular flexibility index (Phi) is 5.32. The molecule has 0 spiro atoms. The summed E-state index contributed by atoms with van der Waals surface area (Å²) in [6.07, 6.45) is 2.93. The summed E-state index contributed by atoms with van der Waals surface area (Å²) in [5, 5.41) is 4.18. The quantitative estimate of drug-likeness (QED) is 0.590. The molecule has 0 aromatic heterocycles. The summed E-state index contributed by atoms with van der Waals surface area (Å²) in [5.41, 5.74) is 0. The molecule has 4 heteroatoms. The Bertz CT molecular complexity index is 201. The van der Waals surface area contributed by atoms with Gasteiger partial charge in [-0.25, -0.2) is 0 Å². The molecule has 1 fully saturated rings. The van der Waals surface area contributed by atoms with E-state index in [2.05, 4.69) is 31.0 Å². The van der Waals surface area contributed by atoms with E-state index in [9.17, 15) is 0 Å². The first kappa shape index (κ1) is 12.7. The van der Waals surface area contributed by atoms with E-state index in [1.807, 2.05) is 0 Å². The monoisotopic (exact) mass is 230 g/mol. The topological polar surface area (TPSA) is 24.5 Å². The molecule has 0 unspecified atom stereocenters. The minimum atomic E-state index is 0.277. The lowest BCUT2D eigenvalue weighted by atomic mass is 10.2. The molecule has 1 saturated heterocycles. The normalized spacial score (nSPS) is 26.5. The summed E-state index contributed by atoms with van der Waals surface area (Å²) < 4.78 is 5.66. The van der Waals surface area contributed by atoms with E-state index in [0.717, 1.165) is 24.7 Å². The van der Waals surface area contributed by atoms with Crippen LogP contribution in [0.25, 0.3) is 0 Å². The van der Waals surface area contributed by atoms with Crippen LogP contribution >= 0.6 is 12.2 Å². The van der Waals surface area contributed by atoms with Crippen LogP contribution in [0.4, 0.5) is 0 Å². The summed E-state index contributed by atoms with van der Waals surface area (Å²) in [7, 11) is 0. The molecule has 0 amide bonds. The Morgan fingerprint density at radius 1 is 1.40 bits per heavy atom. The van der Waals surface area contributed by atoms with E-state index in [4.69, 9.17) is 17.0 Å². The zero-order valence-electron chi connectivity index (χ0n) is 9.95.